The van der Waals surface area contributed by atoms with Crippen LogP contribution in [0.1, 0.15) is 43.9 Å². The minimum atomic E-state index is -1.16. The highest BCUT2D eigenvalue weighted by Crippen LogP contribution is 2.37. The van der Waals surface area contributed by atoms with Crippen LogP contribution in [-0.4, -0.2) is 38.5 Å². The molecule has 1 aromatic heterocycles. The van der Waals surface area contributed by atoms with Crippen LogP contribution in [0.2, 0.25) is 5.02 Å². The molecule has 5 nitrogen and oxygen atoms in total. The van der Waals surface area contributed by atoms with E-state index in [4.69, 9.17) is 21.7 Å². The fraction of sp³-hybridized carbons (Fsp3) is 0.280. The number of carbonyl (C=O) groups is 1. The van der Waals surface area contributed by atoms with Gasteiger partial charge in [-0.1, -0.05) is 49.7 Å². The Morgan fingerprint density at radius 3 is 2.47 bits per heavy atom. The van der Waals surface area contributed by atoms with Gasteiger partial charge >= 0.3 is 5.97 Å². The van der Waals surface area contributed by atoms with Gasteiger partial charge in [0.2, 0.25) is 0 Å². The summed E-state index contributed by atoms with van der Waals surface area (Å²) < 4.78 is 13.6. The fourth-order valence-corrected chi connectivity index (χ4v) is 3.83. The van der Waals surface area contributed by atoms with Gasteiger partial charge in [-0.3, -0.25) is 9.78 Å². The molecule has 7 heteroatoms. The highest BCUT2D eigenvalue weighted by molar-refractivity contribution is 6.31. The predicted molar refractivity (Wildman–Crippen MR) is 124 cm³/mol. The standard InChI is InChI=1S/C25H25ClFNO4/c1-14(2)25-20(9-8-18(29)12-19(30)13-23(31)32)24(15-3-6-17(27)7-4-15)21-11-16(26)5-10-22(21)28-25/h3-11,14,18-19,29-30H,12-13H2,1-2H3,(H,31,32)/b9-8+/t18-,19-/m0/s1. The van der Waals surface area contributed by atoms with E-state index in [1.807, 2.05) is 19.9 Å². The average Bonchev–Trinajstić information content (AvgIpc) is 2.71. The third-order valence-corrected chi connectivity index (χ3v) is 5.34. The van der Waals surface area contributed by atoms with Crippen LogP contribution in [0.4, 0.5) is 4.39 Å². The highest BCUT2D eigenvalue weighted by Gasteiger charge is 2.19. The third kappa shape index (κ3) is 5.71. The van der Waals surface area contributed by atoms with Crippen molar-refractivity contribution in [3.63, 3.8) is 0 Å². The largest absolute Gasteiger partial charge is 0.481 e. The number of nitrogens with zero attached hydrogens (tertiary/aromatic N) is 1. The van der Waals surface area contributed by atoms with E-state index in [2.05, 4.69) is 0 Å². The van der Waals surface area contributed by atoms with Crippen molar-refractivity contribution < 1.29 is 24.5 Å². The van der Waals surface area contributed by atoms with Crippen molar-refractivity contribution in [1.82, 2.24) is 4.98 Å². The van der Waals surface area contributed by atoms with E-state index in [-0.39, 0.29) is 18.2 Å². The number of hydrogen-bond donors (Lipinski definition) is 3. The molecule has 0 saturated heterocycles. The lowest BCUT2D eigenvalue weighted by atomic mass is 9.90. The van der Waals surface area contributed by atoms with Crippen LogP contribution in [-0.2, 0) is 4.79 Å². The molecule has 0 aliphatic rings. The number of hydrogen-bond acceptors (Lipinski definition) is 4. The van der Waals surface area contributed by atoms with Crippen molar-refractivity contribution in [2.45, 2.75) is 44.8 Å². The van der Waals surface area contributed by atoms with Gasteiger partial charge in [-0.2, -0.15) is 0 Å². The summed E-state index contributed by atoms with van der Waals surface area (Å²) in [5.41, 5.74) is 3.84. The second kappa shape index (κ2) is 10.2. The summed E-state index contributed by atoms with van der Waals surface area (Å²) in [4.78, 5) is 15.6. The van der Waals surface area contributed by atoms with Gasteiger partial charge in [-0.05, 0) is 41.8 Å². The molecule has 2 atom stereocenters. The Balaban J connectivity index is 2.16. The highest BCUT2D eigenvalue weighted by atomic mass is 35.5. The Kier molecular flexibility index (Phi) is 7.61. The van der Waals surface area contributed by atoms with Crippen molar-refractivity contribution >= 4 is 34.5 Å². The lowest BCUT2D eigenvalue weighted by molar-refractivity contribution is -0.139. The Morgan fingerprint density at radius 2 is 1.84 bits per heavy atom. The number of aromatic nitrogens is 1. The number of fused-ring (bicyclic) bond motifs is 1. The van der Waals surface area contributed by atoms with Crippen molar-refractivity contribution in [3.05, 3.63) is 70.6 Å². The molecule has 0 unspecified atom stereocenters. The first-order valence-corrected chi connectivity index (χ1v) is 10.7. The number of aliphatic carboxylic acids is 1. The molecule has 0 spiro atoms. The zero-order chi connectivity index (χ0) is 23.4. The molecule has 168 valence electrons. The molecule has 0 saturated carbocycles. The number of benzene rings is 2. The number of carboxylic acids is 1. The second-order valence-corrected chi connectivity index (χ2v) is 8.46. The Morgan fingerprint density at radius 1 is 1.16 bits per heavy atom. The quantitative estimate of drug-likeness (QED) is 0.420. The van der Waals surface area contributed by atoms with Gasteiger partial charge in [0.1, 0.15) is 5.82 Å². The molecular formula is C25H25ClFNO4. The van der Waals surface area contributed by atoms with Gasteiger partial charge < -0.3 is 15.3 Å². The van der Waals surface area contributed by atoms with E-state index < -0.39 is 24.6 Å². The monoisotopic (exact) mass is 457 g/mol. The van der Waals surface area contributed by atoms with Gasteiger partial charge in [0, 0.05) is 28.0 Å². The van der Waals surface area contributed by atoms with E-state index in [0.717, 1.165) is 33.3 Å². The van der Waals surface area contributed by atoms with E-state index in [1.165, 1.54) is 18.2 Å². The summed E-state index contributed by atoms with van der Waals surface area (Å²) in [5, 5.41) is 30.3. The predicted octanol–water partition coefficient (Wildman–Crippen LogP) is 5.42. The zero-order valence-electron chi connectivity index (χ0n) is 17.8. The van der Waals surface area contributed by atoms with Gasteiger partial charge in [0.05, 0.1) is 29.8 Å². The number of halogens is 2. The molecule has 3 aromatic rings. The van der Waals surface area contributed by atoms with Crippen LogP contribution in [0.15, 0.2) is 48.5 Å². The van der Waals surface area contributed by atoms with E-state index in [0.29, 0.717) is 5.02 Å². The molecular weight excluding hydrogens is 433 g/mol. The molecule has 32 heavy (non-hydrogen) atoms. The van der Waals surface area contributed by atoms with E-state index in [9.17, 15) is 19.4 Å². The number of aliphatic hydroxyl groups excluding tert-OH is 2. The van der Waals surface area contributed by atoms with Crippen LogP contribution >= 0.6 is 11.6 Å². The van der Waals surface area contributed by atoms with Crippen molar-refractivity contribution in [1.29, 1.82) is 0 Å². The molecule has 3 rings (SSSR count). The molecule has 0 fully saturated rings. The molecule has 0 bridgehead atoms. The first kappa shape index (κ1) is 23.9. The van der Waals surface area contributed by atoms with Crippen LogP contribution in [0.5, 0.6) is 0 Å². The van der Waals surface area contributed by atoms with E-state index >= 15 is 0 Å². The van der Waals surface area contributed by atoms with Crippen LogP contribution in [0.25, 0.3) is 28.1 Å². The second-order valence-electron chi connectivity index (χ2n) is 8.02. The number of pyridine rings is 1. The average molecular weight is 458 g/mol. The minimum absolute atomic E-state index is 0.0451. The summed E-state index contributed by atoms with van der Waals surface area (Å²) in [6.45, 7) is 4.01. The number of rotatable bonds is 8. The van der Waals surface area contributed by atoms with E-state index in [1.54, 1.807) is 30.3 Å². The first-order valence-electron chi connectivity index (χ1n) is 10.3. The van der Waals surface area contributed by atoms with Crippen molar-refractivity contribution in [2.24, 2.45) is 0 Å². The lowest BCUT2D eigenvalue weighted by Gasteiger charge is -2.18. The summed E-state index contributed by atoms with van der Waals surface area (Å²) in [6.07, 6.45) is 0.455. The normalized spacial score (nSPS) is 13.7. The molecule has 0 radical (unpaired) electrons. The Hall–Kier alpha value is -2.80. The van der Waals surface area contributed by atoms with Crippen LogP contribution in [0, 0.1) is 5.82 Å². The number of aliphatic hydroxyl groups is 2. The molecule has 3 N–H and O–H groups in total. The SMILES string of the molecule is CC(C)c1nc2ccc(Cl)cc2c(-c2ccc(F)cc2)c1/C=C/[C@H](O)C[C@H](O)CC(=O)O. The first-order chi connectivity index (χ1) is 15.2. The Bertz CT molecular complexity index is 1140. The molecule has 2 aromatic carbocycles. The summed E-state index contributed by atoms with van der Waals surface area (Å²) in [5.74, 6) is -1.44. The summed E-state index contributed by atoms with van der Waals surface area (Å²) >= 11 is 6.26. The van der Waals surface area contributed by atoms with Gasteiger partial charge in [-0.15, -0.1) is 0 Å². The van der Waals surface area contributed by atoms with Gasteiger partial charge in [0.25, 0.3) is 0 Å². The fourth-order valence-electron chi connectivity index (χ4n) is 3.66. The third-order valence-electron chi connectivity index (χ3n) is 5.10. The van der Waals surface area contributed by atoms with Crippen molar-refractivity contribution in [2.75, 3.05) is 0 Å². The topological polar surface area (TPSA) is 90.7 Å². The maximum atomic E-state index is 13.6. The van der Waals surface area contributed by atoms with Gasteiger partial charge in [-0.25, -0.2) is 4.39 Å². The maximum absolute atomic E-state index is 13.6. The van der Waals surface area contributed by atoms with Crippen molar-refractivity contribution in [3.8, 4) is 11.1 Å². The summed E-state index contributed by atoms with van der Waals surface area (Å²) in [6, 6.07) is 11.5. The molecule has 0 aliphatic heterocycles. The molecule has 1 heterocycles. The Labute approximate surface area is 190 Å². The smallest absolute Gasteiger partial charge is 0.305 e. The summed E-state index contributed by atoms with van der Waals surface area (Å²) in [7, 11) is 0. The molecule has 0 amide bonds. The van der Waals surface area contributed by atoms with Crippen LogP contribution in [0.3, 0.4) is 0 Å². The number of carboxylic acid groups (broad SMARTS) is 1. The minimum Gasteiger partial charge on any atom is -0.481 e. The lowest BCUT2D eigenvalue weighted by Crippen LogP contribution is -2.19. The maximum Gasteiger partial charge on any atom is 0.305 e. The van der Waals surface area contributed by atoms with Crippen LogP contribution < -0.4 is 0 Å². The molecule has 0 aliphatic carbocycles. The zero-order valence-corrected chi connectivity index (χ0v) is 18.6. The van der Waals surface area contributed by atoms with Gasteiger partial charge in [0.15, 0.2) is 0 Å².